The molecule has 0 aliphatic heterocycles. The third-order valence-electron chi connectivity index (χ3n) is 3.01. The number of ketones is 1. The summed E-state index contributed by atoms with van der Waals surface area (Å²) in [6, 6.07) is -0.588. The highest BCUT2D eigenvalue weighted by molar-refractivity contribution is 5.89. The highest BCUT2D eigenvalue weighted by Crippen LogP contribution is 2.12. The van der Waals surface area contributed by atoms with Crippen molar-refractivity contribution in [3.8, 4) is 0 Å². The van der Waals surface area contributed by atoms with E-state index in [1.165, 1.54) is 7.11 Å². The van der Waals surface area contributed by atoms with Crippen LogP contribution in [0.5, 0.6) is 0 Å². The summed E-state index contributed by atoms with van der Waals surface area (Å²) in [7, 11) is 1.28. The molecule has 2 N–H and O–H groups in total. The van der Waals surface area contributed by atoms with E-state index in [4.69, 9.17) is 0 Å². The molecule has 1 amide bonds. The molecule has 6 nitrogen and oxygen atoms in total. The molecular weight excluding hydrogens is 246 g/mol. The lowest BCUT2D eigenvalue weighted by Crippen LogP contribution is -2.44. The lowest BCUT2D eigenvalue weighted by Gasteiger charge is -2.19. The molecule has 0 aliphatic carbocycles. The number of Topliss-reactive ketones (excluding diaryl/α,β-unsaturated/α-hetero) is 1. The number of nitrogens with one attached hydrogen (secondary N) is 2. The van der Waals surface area contributed by atoms with Crippen LogP contribution in [-0.2, 0) is 16.0 Å². The number of amides is 1. The van der Waals surface area contributed by atoms with E-state index in [2.05, 4.69) is 20.0 Å². The number of carbonyl (C=O) groups is 2. The smallest absolute Gasteiger partial charge is 0.407 e. The van der Waals surface area contributed by atoms with Crippen LogP contribution in [0.15, 0.2) is 12.5 Å². The Hall–Kier alpha value is -1.85. The summed E-state index contributed by atoms with van der Waals surface area (Å²) < 4.78 is 4.56. The second kappa shape index (κ2) is 7.56. The second-order valence-electron chi connectivity index (χ2n) is 4.56. The molecule has 1 heterocycles. The van der Waals surface area contributed by atoms with Gasteiger partial charge in [0.25, 0.3) is 0 Å². The fourth-order valence-corrected chi connectivity index (χ4v) is 1.96. The summed E-state index contributed by atoms with van der Waals surface area (Å²) >= 11 is 0. The van der Waals surface area contributed by atoms with E-state index in [-0.39, 0.29) is 11.7 Å². The van der Waals surface area contributed by atoms with E-state index >= 15 is 0 Å². The summed E-state index contributed by atoms with van der Waals surface area (Å²) in [6.45, 7) is 3.91. The predicted octanol–water partition coefficient (Wildman–Crippen LogP) is 1.68. The maximum atomic E-state index is 12.3. The van der Waals surface area contributed by atoms with Crippen LogP contribution in [0, 0.1) is 5.92 Å². The Kier molecular flexibility index (Phi) is 6.05. The number of aromatic nitrogens is 2. The third kappa shape index (κ3) is 4.73. The predicted molar refractivity (Wildman–Crippen MR) is 70.7 cm³/mol. The Morgan fingerprint density at radius 2 is 2.26 bits per heavy atom. The van der Waals surface area contributed by atoms with Crippen molar-refractivity contribution >= 4 is 11.9 Å². The molecule has 106 valence electrons. The molecule has 6 heteroatoms. The molecule has 0 spiro atoms. The molecule has 0 radical (unpaired) electrons. The lowest BCUT2D eigenvalue weighted by molar-refractivity contribution is -0.124. The number of hydrogen-bond acceptors (Lipinski definition) is 4. The summed E-state index contributed by atoms with van der Waals surface area (Å²) in [5.41, 5.74) is 0.804. The number of aromatic amines is 1. The average Bonchev–Trinajstić information content (AvgIpc) is 2.90. The molecule has 1 aromatic rings. The average molecular weight is 267 g/mol. The summed E-state index contributed by atoms with van der Waals surface area (Å²) in [5, 5.41) is 2.59. The van der Waals surface area contributed by atoms with Crippen molar-refractivity contribution in [3.63, 3.8) is 0 Å². The van der Waals surface area contributed by atoms with E-state index in [1.807, 2.05) is 13.8 Å². The minimum Gasteiger partial charge on any atom is -0.453 e. The van der Waals surface area contributed by atoms with E-state index in [9.17, 15) is 9.59 Å². The zero-order valence-corrected chi connectivity index (χ0v) is 11.6. The Labute approximate surface area is 112 Å². The number of ether oxygens (including phenoxy) is 1. The SMILES string of the molecule is CCCC(C)C(=O)[C@H](Cc1cnc[nH]1)NC(=O)OC. The molecule has 1 unspecified atom stereocenters. The fourth-order valence-electron chi connectivity index (χ4n) is 1.96. The van der Waals surface area contributed by atoms with Gasteiger partial charge in [-0.2, -0.15) is 0 Å². The van der Waals surface area contributed by atoms with Crippen LogP contribution in [0.25, 0.3) is 0 Å². The van der Waals surface area contributed by atoms with Crippen LogP contribution in [-0.4, -0.2) is 35.0 Å². The van der Waals surface area contributed by atoms with Crippen LogP contribution in [0.1, 0.15) is 32.4 Å². The minimum atomic E-state index is -0.596. The molecule has 19 heavy (non-hydrogen) atoms. The number of rotatable bonds is 7. The number of methoxy groups -OCH3 is 1. The van der Waals surface area contributed by atoms with Gasteiger partial charge in [-0.25, -0.2) is 9.78 Å². The lowest BCUT2D eigenvalue weighted by atomic mass is 9.93. The molecule has 0 fully saturated rings. The first-order valence-corrected chi connectivity index (χ1v) is 6.43. The van der Waals surface area contributed by atoms with Gasteiger partial charge in [-0.05, 0) is 6.42 Å². The Bertz CT molecular complexity index is 403. The molecule has 0 saturated carbocycles. The Morgan fingerprint density at radius 3 is 2.79 bits per heavy atom. The van der Waals surface area contributed by atoms with Crippen molar-refractivity contribution in [3.05, 3.63) is 18.2 Å². The van der Waals surface area contributed by atoms with Crippen molar-refractivity contribution in [2.45, 2.75) is 39.2 Å². The third-order valence-corrected chi connectivity index (χ3v) is 3.01. The van der Waals surface area contributed by atoms with Crippen LogP contribution < -0.4 is 5.32 Å². The normalized spacial score (nSPS) is 13.6. The van der Waals surface area contributed by atoms with Crippen molar-refractivity contribution < 1.29 is 14.3 Å². The summed E-state index contributed by atoms with van der Waals surface area (Å²) in [5.74, 6) is -0.0723. The second-order valence-corrected chi connectivity index (χ2v) is 4.56. The first-order chi connectivity index (χ1) is 9.08. The van der Waals surface area contributed by atoms with Gasteiger partial charge in [0.05, 0.1) is 19.5 Å². The van der Waals surface area contributed by atoms with E-state index < -0.39 is 12.1 Å². The highest BCUT2D eigenvalue weighted by Gasteiger charge is 2.26. The van der Waals surface area contributed by atoms with Gasteiger partial charge in [0.15, 0.2) is 5.78 Å². The van der Waals surface area contributed by atoms with Crippen molar-refractivity contribution in [2.75, 3.05) is 7.11 Å². The maximum Gasteiger partial charge on any atom is 0.407 e. The number of carbonyl (C=O) groups excluding carboxylic acids is 2. The zero-order valence-electron chi connectivity index (χ0n) is 11.6. The van der Waals surface area contributed by atoms with Crippen molar-refractivity contribution in [1.82, 2.24) is 15.3 Å². The number of nitrogens with zero attached hydrogens (tertiary/aromatic N) is 1. The van der Waals surface area contributed by atoms with Crippen LogP contribution in [0.3, 0.4) is 0 Å². The molecule has 1 aromatic heterocycles. The molecule has 0 bridgehead atoms. The molecular formula is C13H21N3O3. The van der Waals surface area contributed by atoms with Gasteiger partial charge >= 0.3 is 6.09 Å². The zero-order chi connectivity index (χ0) is 14.3. The van der Waals surface area contributed by atoms with Gasteiger partial charge in [0.2, 0.25) is 0 Å². The van der Waals surface area contributed by atoms with Crippen LogP contribution >= 0.6 is 0 Å². The van der Waals surface area contributed by atoms with Gasteiger partial charge < -0.3 is 15.0 Å². The first kappa shape index (κ1) is 15.2. The molecule has 0 saturated heterocycles. The van der Waals surface area contributed by atoms with Gasteiger partial charge in [0, 0.05) is 24.2 Å². The summed E-state index contributed by atoms with van der Waals surface area (Å²) in [6.07, 6.45) is 4.72. The molecule has 0 aromatic carbocycles. The van der Waals surface area contributed by atoms with Crippen molar-refractivity contribution in [2.24, 2.45) is 5.92 Å². The standard InChI is InChI=1S/C13H21N3O3/c1-4-5-9(2)12(17)11(16-13(18)19-3)6-10-7-14-8-15-10/h7-9,11H,4-6H2,1-3H3,(H,14,15)(H,16,18)/t9?,11-/m0/s1. The van der Waals surface area contributed by atoms with Crippen molar-refractivity contribution in [1.29, 1.82) is 0 Å². The highest BCUT2D eigenvalue weighted by atomic mass is 16.5. The Balaban J connectivity index is 2.73. The van der Waals surface area contributed by atoms with Gasteiger partial charge in [-0.15, -0.1) is 0 Å². The van der Waals surface area contributed by atoms with Gasteiger partial charge in [-0.1, -0.05) is 20.3 Å². The molecule has 0 aliphatic rings. The molecule has 1 rings (SSSR count). The van der Waals surface area contributed by atoms with E-state index in [0.29, 0.717) is 6.42 Å². The number of hydrogen-bond donors (Lipinski definition) is 2. The van der Waals surface area contributed by atoms with Gasteiger partial charge in [-0.3, -0.25) is 4.79 Å². The summed E-state index contributed by atoms with van der Waals surface area (Å²) in [4.78, 5) is 30.5. The number of alkyl carbamates (subject to hydrolysis) is 1. The largest absolute Gasteiger partial charge is 0.453 e. The number of imidazole rings is 1. The van der Waals surface area contributed by atoms with Gasteiger partial charge in [0.1, 0.15) is 0 Å². The van der Waals surface area contributed by atoms with E-state index in [0.717, 1.165) is 18.5 Å². The number of H-pyrrole nitrogens is 1. The Morgan fingerprint density at radius 1 is 1.53 bits per heavy atom. The molecule has 2 atom stereocenters. The first-order valence-electron chi connectivity index (χ1n) is 6.43. The van der Waals surface area contributed by atoms with Crippen LogP contribution in [0.4, 0.5) is 4.79 Å². The quantitative estimate of drug-likeness (QED) is 0.787. The topological polar surface area (TPSA) is 84.1 Å². The minimum absolute atomic E-state index is 0.0156. The van der Waals surface area contributed by atoms with E-state index in [1.54, 1.807) is 12.5 Å². The van der Waals surface area contributed by atoms with Crippen LogP contribution in [0.2, 0.25) is 0 Å². The monoisotopic (exact) mass is 267 g/mol. The maximum absolute atomic E-state index is 12.3. The fraction of sp³-hybridized carbons (Fsp3) is 0.615.